The third kappa shape index (κ3) is 2.15. The summed E-state index contributed by atoms with van der Waals surface area (Å²) in [5.74, 6) is 1.02. The van der Waals surface area contributed by atoms with Crippen molar-refractivity contribution in [2.75, 3.05) is 13.6 Å². The molecule has 0 saturated carbocycles. The number of quaternary nitrogens is 1. The fourth-order valence-electron chi connectivity index (χ4n) is 3.76. The molecule has 4 nitrogen and oxygen atoms in total. The van der Waals surface area contributed by atoms with Gasteiger partial charge in [0.15, 0.2) is 0 Å². The van der Waals surface area contributed by atoms with Crippen LogP contribution in [0.2, 0.25) is 0 Å². The van der Waals surface area contributed by atoms with E-state index in [9.17, 15) is 10.3 Å². The minimum absolute atomic E-state index is 0.232. The van der Waals surface area contributed by atoms with Gasteiger partial charge < -0.3 is 15.0 Å². The topological polar surface area (TPSA) is 48.2 Å². The number of phenols is 1. The van der Waals surface area contributed by atoms with Crippen LogP contribution in [-0.4, -0.2) is 23.3 Å². The van der Waals surface area contributed by atoms with Crippen LogP contribution in [0, 0.1) is 12.1 Å². The van der Waals surface area contributed by atoms with Crippen molar-refractivity contribution in [3.63, 3.8) is 0 Å². The van der Waals surface area contributed by atoms with Crippen molar-refractivity contribution < 1.29 is 5.11 Å². The minimum Gasteiger partial charge on any atom is -0.626 e. The van der Waals surface area contributed by atoms with Gasteiger partial charge in [-0.2, -0.15) is 0 Å². The van der Waals surface area contributed by atoms with Crippen LogP contribution >= 0.6 is 0 Å². The van der Waals surface area contributed by atoms with Crippen molar-refractivity contribution in [1.82, 2.24) is 9.21 Å². The van der Waals surface area contributed by atoms with Gasteiger partial charge in [0.2, 0.25) is 5.82 Å². The van der Waals surface area contributed by atoms with Gasteiger partial charge in [-0.3, -0.25) is 4.57 Å². The number of aryl methyl sites for hydroxylation is 2. The van der Waals surface area contributed by atoms with Crippen molar-refractivity contribution in [3.8, 4) is 5.75 Å². The molecule has 1 unspecified atom stereocenters. The van der Waals surface area contributed by atoms with E-state index in [0.717, 1.165) is 33.4 Å². The summed E-state index contributed by atoms with van der Waals surface area (Å²) in [4.78, 5) is 0. The van der Waals surface area contributed by atoms with E-state index in [1.54, 1.807) is 19.2 Å². The van der Waals surface area contributed by atoms with Crippen LogP contribution in [0.15, 0.2) is 42.5 Å². The molecule has 1 aromatic heterocycles. The lowest BCUT2D eigenvalue weighted by molar-refractivity contribution is 0.470. The summed E-state index contributed by atoms with van der Waals surface area (Å²) >= 11 is 0. The predicted molar refractivity (Wildman–Crippen MR) is 99.6 cm³/mol. The number of likely N-dealkylation sites (N-methyl/N-ethyl adjacent to an activating group) is 1. The number of aromatic nitrogens is 1. The highest BCUT2D eigenvalue weighted by Gasteiger charge is 2.31. The number of hydrogen-bond donors (Lipinski definition) is 1. The van der Waals surface area contributed by atoms with Crippen LogP contribution in [0.1, 0.15) is 16.7 Å². The summed E-state index contributed by atoms with van der Waals surface area (Å²) in [6.07, 6.45) is 2.13. The number of hydroxylamine groups is 2. The van der Waals surface area contributed by atoms with Gasteiger partial charge in [-0.15, -0.1) is 0 Å². The maximum atomic E-state index is 13.3. The first-order valence-electron chi connectivity index (χ1n) is 8.03. The molecular weight excluding hydrogens is 300 g/mol. The molecule has 1 atom stereocenters. The predicted octanol–water partition coefficient (Wildman–Crippen LogP) is 4.18. The zero-order valence-corrected chi connectivity index (χ0v) is 14.1. The molecule has 3 aromatic rings. The van der Waals surface area contributed by atoms with Crippen LogP contribution in [0.25, 0.3) is 22.6 Å². The minimum atomic E-state index is -0.438. The molecule has 0 saturated heterocycles. The Labute approximate surface area is 141 Å². The first-order chi connectivity index (χ1) is 11.4. The molecular formula is C20H20N2O2. The Morgan fingerprint density at radius 3 is 2.54 bits per heavy atom. The van der Waals surface area contributed by atoms with Gasteiger partial charge >= 0.3 is 0 Å². The summed E-state index contributed by atoms with van der Waals surface area (Å²) in [5.41, 5.74) is 5.23. The zero-order valence-electron chi connectivity index (χ0n) is 14.1. The Bertz CT molecular complexity index is 979. The third-order valence-corrected chi connectivity index (χ3v) is 4.84. The molecule has 2 heterocycles. The maximum Gasteiger partial charge on any atom is 0.216 e. The molecule has 2 aromatic carbocycles. The van der Waals surface area contributed by atoms with Crippen LogP contribution in [0.4, 0.5) is 5.82 Å². The summed E-state index contributed by atoms with van der Waals surface area (Å²) < 4.78 is 1.58. The summed E-state index contributed by atoms with van der Waals surface area (Å²) in [5, 5.41) is 23.9. The fraction of sp³-hybridized carbons (Fsp3) is 0.200. The first kappa shape index (κ1) is 15.0. The standard InChI is InChI=1S/C20H20N2O2/c1-13-4-9-19-17(10-13)18-11-15(14-5-7-16(23)8-6-14)12-22(3,24)20(18)21(19)2/h4-11,23H,12H2,1-3H3. The molecule has 0 amide bonds. The Balaban J connectivity index is 2.00. The lowest BCUT2D eigenvalue weighted by Gasteiger charge is -2.41. The Morgan fingerprint density at radius 2 is 1.83 bits per heavy atom. The molecule has 1 aliphatic rings. The Morgan fingerprint density at radius 1 is 1.12 bits per heavy atom. The Hall–Kier alpha value is -2.56. The molecule has 122 valence electrons. The van der Waals surface area contributed by atoms with E-state index in [1.165, 1.54) is 5.56 Å². The van der Waals surface area contributed by atoms with Crippen LogP contribution in [0.5, 0.6) is 5.75 Å². The van der Waals surface area contributed by atoms with E-state index in [-0.39, 0.29) is 5.75 Å². The highest BCUT2D eigenvalue weighted by molar-refractivity contribution is 6.02. The molecule has 0 fully saturated rings. The SMILES string of the molecule is Cc1ccc2c(c1)c1c(n2C)[N+](C)([O-])CC(c2ccc(O)cc2)=C1. The van der Waals surface area contributed by atoms with E-state index in [4.69, 9.17) is 0 Å². The third-order valence-electron chi connectivity index (χ3n) is 4.84. The summed E-state index contributed by atoms with van der Waals surface area (Å²) in [6.45, 7) is 2.44. The number of aromatic hydroxyl groups is 1. The molecule has 0 bridgehead atoms. The number of hydrogen-bond acceptors (Lipinski definition) is 2. The molecule has 0 spiro atoms. The van der Waals surface area contributed by atoms with E-state index >= 15 is 0 Å². The fourth-order valence-corrected chi connectivity index (χ4v) is 3.76. The first-order valence-corrected chi connectivity index (χ1v) is 8.03. The van der Waals surface area contributed by atoms with Gasteiger partial charge in [-0.25, -0.2) is 0 Å². The van der Waals surface area contributed by atoms with Crippen LogP contribution in [0.3, 0.4) is 0 Å². The number of rotatable bonds is 1. The highest BCUT2D eigenvalue weighted by Crippen LogP contribution is 2.42. The number of fused-ring (bicyclic) bond motifs is 3. The molecule has 0 radical (unpaired) electrons. The molecule has 24 heavy (non-hydrogen) atoms. The van der Waals surface area contributed by atoms with Crippen molar-refractivity contribution in [1.29, 1.82) is 0 Å². The van der Waals surface area contributed by atoms with E-state index in [0.29, 0.717) is 6.54 Å². The second-order valence-corrected chi connectivity index (χ2v) is 6.79. The quantitative estimate of drug-likeness (QED) is 0.540. The van der Waals surface area contributed by atoms with Gasteiger partial charge in [0.25, 0.3) is 0 Å². The van der Waals surface area contributed by atoms with Crippen molar-refractivity contribution in [3.05, 3.63) is 64.4 Å². The molecule has 1 N–H and O–H groups in total. The van der Waals surface area contributed by atoms with E-state index < -0.39 is 4.65 Å². The smallest absolute Gasteiger partial charge is 0.216 e. The number of phenolic OH excluding ortho intramolecular Hbond substituents is 1. The zero-order chi connectivity index (χ0) is 17.1. The molecule has 4 rings (SSSR count). The maximum absolute atomic E-state index is 13.3. The van der Waals surface area contributed by atoms with Gasteiger partial charge in [0.05, 0.1) is 18.1 Å². The van der Waals surface area contributed by atoms with Gasteiger partial charge in [0, 0.05) is 18.0 Å². The van der Waals surface area contributed by atoms with Crippen LogP contribution < -0.4 is 4.65 Å². The van der Waals surface area contributed by atoms with E-state index in [2.05, 4.69) is 31.2 Å². The summed E-state index contributed by atoms with van der Waals surface area (Å²) in [7, 11) is 3.67. The van der Waals surface area contributed by atoms with Crippen molar-refractivity contribution >= 4 is 28.4 Å². The Kier molecular flexibility index (Phi) is 3.10. The summed E-state index contributed by atoms with van der Waals surface area (Å²) in [6, 6.07) is 13.3. The molecule has 4 heteroatoms. The van der Waals surface area contributed by atoms with E-state index in [1.807, 2.05) is 23.7 Å². The largest absolute Gasteiger partial charge is 0.626 e. The van der Waals surface area contributed by atoms with Crippen LogP contribution in [-0.2, 0) is 7.05 Å². The van der Waals surface area contributed by atoms with Gasteiger partial charge in [-0.1, -0.05) is 23.8 Å². The van der Waals surface area contributed by atoms with Crippen molar-refractivity contribution in [2.45, 2.75) is 6.92 Å². The van der Waals surface area contributed by atoms with Gasteiger partial charge in [-0.05, 0) is 42.8 Å². The molecule has 1 aliphatic heterocycles. The monoisotopic (exact) mass is 320 g/mol. The van der Waals surface area contributed by atoms with Gasteiger partial charge in [0.1, 0.15) is 12.3 Å². The number of nitrogens with zero attached hydrogens (tertiary/aromatic N) is 2. The highest BCUT2D eigenvalue weighted by atomic mass is 16.5. The number of benzene rings is 2. The lowest BCUT2D eigenvalue weighted by atomic mass is 9.98. The average molecular weight is 320 g/mol. The molecule has 0 aliphatic carbocycles. The normalized spacial score (nSPS) is 20.1. The average Bonchev–Trinajstić information content (AvgIpc) is 2.80. The second-order valence-electron chi connectivity index (χ2n) is 6.79. The lowest BCUT2D eigenvalue weighted by Crippen LogP contribution is -2.43. The second kappa shape index (κ2) is 4.97. The van der Waals surface area contributed by atoms with Crippen molar-refractivity contribution in [2.24, 2.45) is 7.05 Å².